The summed E-state index contributed by atoms with van der Waals surface area (Å²) in [6.45, 7) is 6.15. The third-order valence-electron chi connectivity index (χ3n) is 4.28. The van der Waals surface area contributed by atoms with Gasteiger partial charge in [0.05, 0.1) is 12.2 Å². The topological polar surface area (TPSA) is 97.9 Å². The molecule has 2 aromatic rings. The third-order valence-corrected chi connectivity index (χ3v) is 4.28. The average molecular weight is 318 g/mol. The van der Waals surface area contributed by atoms with Crippen LogP contribution >= 0.6 is 0 Å². The Labute approximate surface area is 134 Å². The first-order chi connectivity index (χ1) is 11.1. The molecule has 1 atom stereocenters. The predicted octanol–water partition coefficient (Wildman–Crippen LogP) is 0.648. The molecule has 2 aromatic heterocycles. The predicted molar refractivity (Wildman–Crippen MR) is 83.4 cm³/mol. The molecule has 8 nitrogen and oxygen atoms in total. The van der Waals surface area contributed by atoms with Gasteiger partial charge in [0.2, 0.25) is 0 Å². The number of carboxylic acid groups (broad SMARTS) is 1. The summed E-state index contributed by atoms with van der Waals surface area (Å²) in [5, 5.41) is 25.1. The Bertz CT molecular complexity index is 705. The summed E-state index contributed by atoms with van der Waals surface area (Å²) in [5.41, 5.74) is 3.08. The lowest BCUT2D eigenvalue weighted by Crippen LogP contribution is -2.37. The minimum atomic E-state index is -0.938. The van der Waals surface area contributed by atoms with Gasteiger partial charge in [-0.2, -0.15) is 5.10 Å². The Morgan fingerprint density at radius 2 is 2.35 bits per heavy atom. The number of aromatic nitrogens is 5. The normalized spacial score (nSPS) is 17.2. The fourth-order valence-corrected chi connectivity index (χ4v) is 3.18. The number of carbonyl (C=O) groups is 1. The van der Waals surface area contributed by atoms with Crippen molar-refractivity contribution in [1.82, 2.24) is 30.1 Å². The van der Waals surface area contributed by atoms with E-state index in [-0.39, 0.29) is 11.7 Å². The van der Waals surface area contributed by atoms with E-state index in [4.69, 9.17) is 0 Å². The van der Waals surface area contributed by atoms with Crippen molar-refractivity contribution in [2.45, 2.75) is 52.2 Å². The lowest BCUT2D eigenvalue weighted by atomic mass is 9.91. The Balaban J connectivity index is 1.63. The summed E-state index contributed by atoms with van der Waals surface area (Å²) in [6.07, 6.45) is 4.49. The summed E-state index contributed by atoms with van der Waals surface area (Å²) >= 11 is 0. The molecule has 0 bridgehead atoms. The molecular weight excluding hydrogens is 296 g/mol. The Morgan fingerprint density at radius 3 is 3.00 bits per heavy atom. The molecule has 0 radical (unpaired) electrons. The molecule has 0 spiro atoms. The highest BCUT2D eigenvalue weighted by Gasteiger charge is 2.28. The van der Waals surface area contributed by atoms with Gasteiger partial charge >= 0.3 is 5.97 Å². The first-order valence-corrected chi connectivity index (χ1v) is 8.00. The lowest BCUT2D eigenvalue weighted by Gasteiger charge is -2.24. The molecule has 0 fully saturated rings. The largest absolute Gasteiger partial charge is 0.476 e. The molecule has 0 aliphatic heterocycles. The van der Waals surface area contributed by atoms with Crippen LogP contribution in [0.1, 0.15) is 40.8 Å². The fraction of sp³-hybridized carbons (Fsp3) is 0.600. The summed E-state index contributed by atoms with van der Waals surface area (Å²) in [5.74, 6) is -0.938. The van der Waals surface area contributed by atoms with E-state index in [0.29, 0.717) is 13.0 Å². The van der Waals surface area contributed by atoms with E-state index in [0.717, 1.165) is 42.9 Å². The van der Waals surface area contributed by atoms with Crippen molar-refractivity contribution >= 4 is 5.97 Å². The maximum absolute atomic E-state index is 11.4. The van der Waals surface area contributed by atoms with E-state index in [1.54, 1.807) is 0 Å². The average Bonchev–Trinajstić information content (AvgIpc) is 3.10. The highest BCUT2D eigenvalue weighted by molar-refractivity contribution is 5.87. The highest BCUT2D eigenvalue weighted by Crippen LogP contribution is 2.25. The van der Waals surface area contributed by atoms with Crippen LogP contribution in [0, 0.1) is 6.92 Å². The van der Waals surface area contributed by atoms with Crippen LogP contribution in [0.25, 0.3) is 0 Å². The zero-order chi connectivity index (χ0) is 16.4. The maximum atomic E-state index is 11.4. The number of nitrogens with zero attached hydrogens (tertiary/aromatic N) is 5. The van der Waals surface area contributed by atoms with Crippen molar-refractivity contribution in [1.29, 1.82) is 0 Å². The molecule has 0 aromatic carbocycles. The van der Waals surface area contributed by atoms with Gasteiger partial charge in [-0.3, -0.25) is 9.36 Å². The van der Waals surface area contributed by atoms with Gasteiger partial charge < -0.3 is 10.4 Å². The summed E-state index contributed by atoms with van der Waals surface area (Å²) in [6, 6.07) is 0.278. The van der Waals surface area contributed by atoms with Gasteiger partial charge in [0.25, 0.3) is 0 Å². The number of aromatic carboxylic acids is 1. The zero-order valence-electron chi connectivity index (χ0n) is 13.5. The minimum Gasteiger partial charge on any atom is -0.476 e. The quantitative estimate of drug-likeness (QED) is 0.811. The van der Waals surface area contributed by atoms with Gasteiger partial charge in [0.1, 0.15) is 0 Å². The number of fused-ring (bicyclic) bond motifs is 1. The SMILES string of the molecule is CCn1nc(C(=O)O)c2c1CCC(NCCn1cc(C)nn1)C2. The number of aryl methyl sites for hydroxylation is 2. The van der Waals surface area contributed by atoms with Crippen molar-refractivity contribution in [3.8, 4) is 0 Å². The van der Waals surface area contributed by atoms with Crippen LogP contribution < -0.4 is 5.32 Å². The Kier molecular flexibility index (Phi) is 4.42. The van der Waals surface area contributed by atoms with Crippen LogP contribution in [0.15, 0.2) is 6.20 Å². The number of hydrogen-bond donors (Lipinski definition) is 2. The van der Waals surface area contributed by atoms with Crippen LogP contribution in [-0.2, 0) is 25.9 Å². The fourth-order valence-electron chi connectivity index (χ4n) is 3.18. The molecule has 0 saturated carbocycles. The molecule has 2 heterocycles. The minimum absolute atomic E-state index is 0.209. The van der Waals surface area contributed by atoms with Crippen molar-refractivity contribution in [2.24, 2.45) is 0 Å². The number of nitrogens with one attached hydrogen (secondary N) is 1. The molecule has 2 N–H and O–H groups in total. The van der Waals surface area contributed by atoms with Gasteiger partial charge in [0, 0.05) is 36.6 Å². The van der Waals surface area contributed by atoms with Crippen LogP contribution in [0.3, 0.4) is 0 Å². The summed E-state index contributed by atoms with van der Waals surface area (Å²) in [4.78, 5) is 11.4. The van der Waals surface area contributed by atoms with Crippen molar-refractivity contribution in [3.05, 3.63) is 28.8 Å². The van der Waals surface area contributed by atoms with Crippen LogP contribution in [-0.4, -0.2) is 48.4 Å². The molecule has 3 rings (SSSR count). The summed E-state index contributed by atoms with van der Waals surface area (Å²) in [7, 11) is 0. The lowest BCUT2D eigenvalue weighted by molar-refractivity contribution is 0.0688. The molecule has 124 valence electrons. The Morgan fingerprint density at radius 1 is 1.52 bits per heavy atom. The molecule has 0 amide bonds. The molecular formula is C15H22N6O2. The van der Waals surface area contributed by atoms with Crippen molar-refractivity contribution in [3.63, 3.8) is 0 Å². The van der Waals surface area contributed by atoms with Gasteiger partial charge in [-0.25, -0.2) is 4.79 Å². The third kappa shape index (κ3) is 3.26. The monoisotopic (exact) mass is 318 g/mol. The van der Waals surface area contributed by atoms with Crippen molar-refractivity contribution < 1.29 is 9.90 Å². The molecule has 1 aliphatic carbocycles. The van der Waals surface area contributed by atoms with Crippen LogP contribution in [0.4, 0.5) is 0 Å². The van der Waals surface area contributed by atoms with E-state index in [9.17, 15) is 9.90 Å². The molecule has 1 unspecified atom stereocenters. The van der Waals surface area contributed by atoms with Crippen LogP contribution in [0.5, 0.6) is 0 Å². The number of rotatable bonds is 6. The molecule has 8 heteroatoms. The smallest absolute Gasteiger partial charge is 0.356 e. The Hall–Kier alpha value is -2.22. The number of hydrogen-bond acceptors (Lipinski definition) is 5. The van der Waals surface area contributed by atoms with Gasteiger partial charge in [-0.05, 0) is 33.1 Å². The molecule has 23 heavy (non-hydrogen) atoms. The van der Waals surface area contributed by atoms with E-state index in [2.05, 4.69) is 20.7 Å². The van der Waals surface area contributed by atoms with Gasteiger partial charge in [-0.15, -0.1) is 5.10 Å². The summed E-state index contributed by atoms with van der Waals surface area (Å²) < 4.78 is 3.64. The van der Waals surface area contributed by atoms with E-state index in [1.807, 2.05) is 29.4 Å². The van der Waals surface area contributed by atoms with Crippen LogP contribution in [0.2, 0.25) is 0 Å². The van der Waals surface area contributed by atoms with Gasteiger partial charge in [-0.1, -0.05) is 5.21 Å². The van der Waals surface area contributed by atoms with Crippen molar-refractivity contribution in [2.75, 3.05) is 6.54 Å². The second kappa shape index (κ2) is 6.49. The van der Waals surface area contributed by atoms with E-state index in [1.165, 1.54) is 0 Å². The zero-order valence-corrected chi connectivity index (χ0v) is 13.5. The second-order valence-corrected chi connectivity index (χ2v) is 5.91. The van der Waals surface area contributed by atoms with E-state index >= 15 is 0 Å². The first kappa shape index (κ1) is 15.7. The first-order valence-electron chi connectivity index (χ1n) is 8.00. The standard InChI is InChI=1S/C15H22N6O2/c1-3-21-13-5-4-11(8-12(13)14(18-21)15(22)23)16-6-7-20-9-10(2)17-19-20/h9,11,16H,3-8H2,1-2H3,(H,22,23). The molecule has 1 aliphatic rings. The highest BCUT2D eigenvalue weighted by atomic mass is 16.4. The maximum Gasteiger partial charge on any atom is 0.356 e. The van der Waals surface area contributed by atoms with Gasteiger partial charge in [0.15, 0.2) is 5.69 Å². The molecule has 0 saturated heterocycles. The van der Waals surface area contributed by atoms with E-state index < -0.39 is 5.97 Å². The number of carboxylic acids is 1. The second-order valence-electron chi connectivity index (χ2n) is 5.91.